The van der Waals surface area contributed by atoms with Gasteiger partial charge in [-0.05, 0) is 18.6 Å². The molecule has 0 radical (unpaired) electrons. The van der Waals surface area contributed by atoms with E-state index in [0.29, 0.717) is 5.75 Å². The Labute approximate surface area is 97.8 Å². The van der Waals surface area contributed by atoms with Crippen LogP contribution in [-0.4, -0.2) is 30.5 Å². The highest BCUT2D eigenvalue weighted by molar-refractivity contribution is 6.30. The summed E-state index contributed by atoms with van der Waals surface area (Å²) in [6.45, 7) is 1.57. The lowest BCUT2D eigenvalue weighted by Gasteiger charge is -2.30. The summed E-state index contributed by atoms with van der Waals surface area (Å²) in [7, 11) is 0. The smallest absolute Gasteiger partial charge is 0.260 e. The van der Waals surface area contributed by atoms with Crippen LogP contribution in [0.2, 0.25) is 5.02 Å². The highest BCUT2D eigenvalue weighted by Crippen LogP contribution is 2.21. The molecule has 1 aromatic rings. The third-order valence-corrected chi connectivity index (χ3v) is 2.75. The predicted molar refractivity (Wildman–Crippen MR) is 58.1 cm³/mol. The Morgan fingerprint density at radius 2 is 2.25 bits per heavy atom. The summed E-state index contributed by atoms with van der Waals surface area (Å²) in [4.78, 5) is 13.2. The maximum atomic E-state index is 12.8. The van der Waals surface area contributed by atoms with Crippen molar-refractivity contribution in [2.24, 2.45) is 0 Å². The van der Waals surface area contributed by atoms with Crippen LogP contribution < -0.4 is 4.74 Å². The molecule has 0 atom stereocenters. The third-order valence-electron chi connectivity index (χ3n) is 2.46. The monoisotopic (exact) mass is 243 g/mol. The van der Waals surface area contributed by atoms with E-state index in [1.54, 1.807) is 4.90 Å². The van der Waals surface area contributed by atoms with Crippen LogP contribution in [-0.2, 0) is 4.79 Å². The molecule has 1 aliphatic rings. The van der Waals surface area contributed by atoms with Crippen molar-refractivity contribution in [1.82, 2.24) is 4.90 Å². The van der Waals surface area contributed by atoms with Crippen molar-refractivity contribution < 1.29 is 13.9 Å². The molecular formula is C11H11ClFNO2. The second-order valence-corrected chi connectivity index (χ2v) is 4.01. The zero-order valence-corrected chi connectivity index (χ0v) is 9.34. The van der Waals surface area contributed by atoms with Crippen LogP contribution in [0.3, 0.4) is 0 Å². The fraction of sp³-hybridized carbons (Fsp3) is 0.364. The number of hydrogen-bond donors (Lipinski definition) is 0. The second kappa shape index (κ2) is 4.70. The average molecular weight is 244 g/mol. The fourth-order valence-corrected chi connectivity index (χ4v) is 1.54. The maximum absolute atomic E-state index is 12.8. The molecule has 1 aliphatic heterocycles. The summed E-state index contributed by atoms with van der Waals surface area (Å²) >= 11 is 5.58. The molecule has 5 heteroatoms. The van der Waals surface area contributed by atoms with Crippen molar-refractivity contribution in [2.75, 3.05) is 19.7 Å². The summed E-state index contributed by atoms with van der Waals surface area (Å²) in [5, 5.41) is -0.00565. The molecular weight excluding hydrogens is 233 g/mol. The number of ether oxygens (including phenoxy) is 1. The number of nitrogens with zero attached hydrogens (tertiary/aromatic N) is 1. The van der Waals surface area contributed by atoms with Crippen molar-refractivity contribution >= 4 is 17.5 Å². The minimum absolute atomic E-state index is 0.00565. The number of carbonyl (C=O) groups is 1. The first kappa shape index (κ1) is 11.2. The van der Waals surface area contributed by atoms with Crippen LogP contribution in [0.15, 0.2) is 18.2 Å². The van der Waals surface area contributed by atoms with E-state index in [1.807, 2.05) is 0 Å². The van der Waals surface area contributed by atoms with E-state index in [1.165, 1.54) is 18.2 Å². The van der Waals surface area contributed by atoms with Crippen molar-refractivity contribution in [1.29, 1.82) is 0 Å². The Morgan fingerprint density at radius 1 is 1.50 bits per heavy atom. The molecule has 0 aliphatic carbocycles. The second-order valence-electron chi connectivity index (χ2n) is 3.60. The van der Waals surface area contributed by atoms with Gasteiger partial charge in [0, 0.05) is 19.2 Å². The molecule has 1 heterocycles. The quantitative estimate of drug-likeness (QED) is 0.814. The van der Waals surface area contributed by atoms with Gasteiger partial charge in [-0.15, -0.1) is 0 Å². The van der Waals surface area contributed by atoms with E-state index in [-0.39, 0.29) is 17.5 Å². The number of hydrogen-bond acceptors (Lipinski definition) is 2. The summed E-state index contributed by atoms with van der Waals surface area (Å²) in [6.07, 6.45) is 1.05. The molecule has 1 saturated heterocycles. The number of amides is 1. The van der Waals surface area contributed by atoms with Crippen molar-refractivity contribution in [3.8, 4) is 5.75 Å². The zero-order valence-electron chi connectivity index (χ0n) is 8.58. The zero-order chi connectivity index (χ0) is 11.5. The Balaban J connectivity index is 1.89. The molecule has 3 nitrogen and oxygen atoms in total. The van der Waals surface area contributed by atoms with Crippen LogP contribution in [0.25, 0.3) is 0 Å². The van der Waals surface area contributed by atoms with Crippen molar-refractivity contribution in [3.63, 3.8) is 0 Å². The van der Waals surface area contributed by atoms with E-state index < -0.39 is 5.82 Å². The van der Waals surface area contributed by atoms with Crippen molar-refractivity contribution in [2.45, 2.75) is 6.42 Å². The van der Waals surface area contributed by atoms with Gasteiger partial charge in [0.05, 0.1) is 5.02 Å². The molecule has 0 N–H and O–H groups in total. The van der Waals surface area contributed by atoms with Gasteiger partial charge in [0.2, 0.25) is 0 Å². The van der Waals surface area contributed by atoms with Gasteiger partial charge in [-0.3, -0.25) is 4.79 Å². The van der Waals surface area contributed by atoms with Crippen LogP contribution in [0, 0.1) is 5.82 Å². The van der Waals surface area contributed by atoms with Gasteiger partial charge in [0.25, 0.3) is 5.91 Å². The minimum Gasteiger partial charge on any atom is -0.484 e. The average Bonchev–Trinajstić information content (AvgIpc) is 2.17. The summed E-state index contributed by atoms with van der Waals surface area (Å²) < 4.78 is 18.0. The minimum atomic E-state index is -0.497. The van der Waals surface area contributed by atoms with Gasteiger partial charge in [0.15, 0.2) is 6.61 Å². The number of likely N-dealkylation sites (tertiary alicyclic amines) is 1. The molecule has 1 aromatic carbocycles. The lowest BCUT2D eigenvalue weighted by atomic mass is 10.2. The van der Waals surface area contributed by atoms with E-state index in [2.05, 4.69) is 0 Å². The Morgan fingerprint density at radius 3 is 2.81 bits per heavy atom. The number of benzene rings is 1. The molecule has 0 spiro atoms. The first-order chi connectivity index (χ1) is 7.66. The lowest BCUT2D eigenvalue weighted by molar-refractivity contribution is -0.136. The molecule has 86 valence electrons. The van der Waals surface area contributed by atoms with Crippen LogP contribution >= 0.6 is 11.6 Å². The predicted octanol–water partition coefficient (Wildman–Crippen LogP) is 2.09. The Kier molecular flexibility index (Phi) is 3.29. The van der Waals surface area contributed by atoms with E-state index in [0.717, 1.165) is 19.5 Å². The highest BCUT2D eigenvalue weighted by atomic mass is 35.5. The Hall–Kier alpha value is -1.29. The summed E-state index contributed by atoms with van der Waals surface area (Å²) in [5.74, 6) is -0.143. The molecule has 1 fully saturated rings. The van der Waals surface area contributed by atoms with Crippen molar-refractivity contribution in [3.05, 3.63) is 29.0 Å². The van der Waals surface area contributed by atoms with Crippen LogP contribution in [0.5, 0.6) is 5.75 Å². The Bertz CT molecular complexity index is 407. The van der Waals surface area contributed by atoms with Gasteiger partial charge in [-0.1, -0.05) is 11.6 Å². The molecule has 0 saturated carbocycles. The molecule has 0 unspecified atom stereocenters. The highest BCUT2D eigenvalue weighted by Gasteiger charge is 2.20. The lowest BCUT2D eigenvalue weighted by Crippen LogP contribution is -2.44. The van der Waals surface area contributed by atoms with Crippen LogP contribution in [0.4, 0.5) is 4.39 Å². The summed E-state index contributed by atoms with van der Waals surface area (Å²) in [6, 6.07) is 4.02. The molecule has 16 heavy (non-hydrogen) atoms. The molecule has 0 aromatic heterocycles. The third kappa shape index (κ3) is 2.44. The number of carbonyl (C=O) groups excluding carboxylic acids is 1. The molecule has 0 bridgehead atoms. The number of rotatable bonds is 3. The van der Waals surface area contributed by atoms with Gasteiger partial charge < -0.3 is 9.64 Å². The largest absolute Gasteiger partial charge is 0.484 e. The maximum Gasteiger partial charge on any atom is 0.260 e. The number of halogens is 2. The first-order valence-electron chi connectivity index (χ1n) is 5.02. The van der Waals surface area contributed by atoms with Gasteiger partial charge in [-0.2, -0.15) is 0 Å². The van der Waals surface area contributed by atoms with Gasteiger partial charge >= 0.3 is 0 Å². The normalized spacial score (nSPS) is 14.5. The van der Waals surface area contributed by atoms with Gasteiger partial charge in [-0.25, -0.2) is 4.39 Å². The topological polar surface area (TPSA) is 29.5 Å². The van der Waals surface area contributed by atoms with E-state index >= 15 is 0 Å². The first-order valence-corrected chi connectivity index (χ1v) is 5.40. The summed E-state index contributed by atoms with van der Waals surface area (Å²) in [5.41, 5.74) is 0. The fourth-order valence-electron chi connectivity index (χ4n) is 1.37. The standard InChI is InChI=1S/C11H11ClFNO2/c12-9-6-8(2-3-10(9)13)16-7-11(15)14-4-1-5-14/h2-3,6H,1,4-5,7H2. The van der Waals surface area contributed by atoms with Crippen LogP contribution in [0.1, 0.15) is 6.42 Å². The SMILES string of the molecule is O=C(COc1ccc(F)c(Cl)c1)N1CCC1. The molecule has 2 rings (SSSR count). The molecule has 1 amide bonds. The van der Waals surface area contributed by atoms with E-state index in [9.17, 15) is 9.18 Å². The van der Waals surface area contributed by atoms with E-state index in [4.69, 9.17) is 16.3 Å². The van der Waals surface area contributed by atoms with Gasteiger partial charge in [0.1, 0.15) is 11.6 Å².